The first-order valence-electron chi connectivity index (χ1n) is 5.57. The molecule has 80 valence electrons. The summed E-state index contributed by atoms with van der Waals surface area (Å²) in [5.41, 5.74) is 0.929. The van der Waals surface area contributed by atoms with Crippen molar-refractivity contribution in [3.05, 3.63) is 0 Å². The van der Waals surface area contributed by atoms with Gasteiger partial charge in [0.15, 0.2) is 0 Å². The lowest BCUT2D eigenvalue weighted by Gasteiger charge is -2.37. The van der Waals surface area contributed by atoms with Crippen LogP contribution in [0, 0.1) is 22.7 Å². The molecular formula is C13H28. The molecule has 1 unspecified atom stereocenters. The maximum atomic E-state index is 2.39. The molecule has 0 aliphatic heterocycles. The fraction of sp³-hybridized carbons (Fsp3) is 1.00. The smallest absolute Gasteiger partial charge is 0.0328 e. The highest BCUT2D eigenvalue weighted by molar-refractivity contribution is 4.80. The fourth-order valence-electron chi connectivity index (χ4n) is 1.33. The van der Waals surface area contributed by atoms with Crippen LogP contribution >= 0.6 is 0 Å². The number of hydrogen-bond acceptors (Lipinski definition) is 0. The van der Waals surface area contributed by atoms with Gasteiger partial charge in [-0.15, -0.1) is 0 Å². The first-order chi connectivity index (χ1) is 5.57. The predicted octanol–water partition coefficient (Wildman–Crippen LogP) is 4.74. The summed E-state index contributed by atoms with van der Waals surface area (Å²) in [6, 6.07) is 0. The minimum Gasteiger partial charge on any atom is -0.0623 e. The van der Waals surface area contributed by atoms with E-state index in [-0.39, 0.29) is 0 Å². The van der Waals surface area contributed by atoms with E-state index in [9.17, 15) is 0 Å². The Morgan fingerprint density at radius 1 is 0.846 bits per heavy atom. The van der Waals surface area contributed by atoms with E-state index >= 15 is 0 Å². The van der Waals surface area contributed by atoms with E-state index in [1.165, 1.54) is 6.42 Å². The van der Waals surface area contributed by atoms with Crippen LogP contribution in [0.3, 0.4) is 0 Å². The third-order valence-corrected chi connectivity index (χ3v) is 3.87. The van der Waals surface area contributed by atoms with Crippen LogP contribution in [0.5, 0.6) is 0 Å². The first kappa shape index (κ1) is 13.0. The summed E-state index contributed by atoms with van der Waals surface area (Å²) >= 11 is 0. The van der Waals surface area contributed by atoms with Gasteiger partial charge in [-0.2, -0.15) is 0 Å². The Morgan fingerprint density at radius 2 is 1.23 bits per heavy atom. The van der Waals surface area contributed by atoms with E-state index in [2.05, 4.69) is 55.4 Å². The molecule has 0 aromatic carbocycles. The number of rotatable bonds is 3. The Hall–Kier alpha value is 0. The monoisotopic (exact) mass is 184 g/mol. The summed E-state index contributed by atoms with van der Waals surface area (Å²) in [7, 11) is 0. The topological polar surface area (TPSA) is 0 Å². The summed E-state index contributed by atoms with van der Waals surface area (Å²) in [4.78, 5) is 0. The van der Waals surface area contributed by atoms with E-state index in [0.717, 1.165) is 11.8 Å². The van der Waals surface area contributed by atoms with E-state index in [4.69, 9.17) is 0 Å². The lowest BCUT2D eigenvalue weighted by atomic mass is 9.68. The molecule has 0 bridgehead atoms. The predicted molar refractivity (Wildman–Crippen MR) is 61.9 cm³/mol. The minimum absolute atomic E-state index is 0.451. The largest absolute Gasteiger partial charge is 0.0623 e. The highest BCUT2D eigenvalue weighted by Gasteiger charge is 2.29. The van der Waals surface area contributed by atoms with Crippen LogP contribution in [0.25, 0.3) is 0 Å². The molecule has 0 fully saturated rings. The van der Waals surface area contributed by atoms with Gasteiger partial charge in [-0.1, -0.05) is 55.4 Å². The highest BCUT2D eigenvalue weighted by atomic mass is 14.3. The van der Waals surface area contributed by atoms with Gasteiger partial charge < -0.3 is 0 Å². The van der Waals surface area contributed by atoms with Crippen molar-refractivity contribution in [3.8, 4) is 0 Å². The summed E-state index contributed by atoms with van der Waals surface area (Å²) in [6.07, 6.45) is 1.33. The van der Waals surface area contributed by atoms with Crippen LogP contribution < -0.4 is 0 Å². The molecule has 0 aliphatic carbocycles. The molecule has 13 heavy (non-hydrogen) atoms. The zero-order valence-corrected chi connectivity index (χ0v) is 10.9. The second-order valence-corrected chi connectivity index (χ2v) is 6.61. The van der Waals surface area contributed by atoms with Crippen LogP contribution in [0.4, 0.5) is 0 Å². The zero-order chi connectivity index (χ0) is 10.9. The van der Waals surface area contributed by atoms with Crippen LogP contribution in [-0.2, 0) is 0 Å². The van der Waals surface area contributed by atoms with Crippen molar-refractivity contribution < 1.29 is 0 Å². The average molecular weight is 184 g/mol. The zero-order valence-electron chi connectivity index (χ0n) is 10.9. The van der Waals surface area contributed by atoms with Crippen molar-refractivity contribution >= 4 is 0 Å². The summed E-state index contributed by atoms with van der Waals surface area (Å²) in [5.74, 6) is 1.57. The van der Waals surface area contributed by atoms with Crippen LogP contribution in [0.15, 0.2) is 0 Å². The van der Waals surface area contributed by atoms with E-state index < -0.39 is 0 Å². The summed E-state index contributed by atoms with van der Waals surface area (Å²) < 4.78 is 0. The van der Waals surface area contributed by atoms with Crippen molar-refractivity contribution in [2.24, 2.45) is 22.7 Å². The van der Waals surface area contributed by atoms with Gasteiger partial charge in [0.2, 0.25) is 0 Å². The molecule has 0 saturated heterocycles. The molecule has 0 nitrogen and oxygen atoms in total. The van der Waals surface area contributed by atoms with Crippen molar-refractivity contribution in [1.82, 2.24) is 0 Å². The van der Waals surface area contributed by atoms with Gasteiger partial charge in [0, 0.05) is 0 Å². The van der Waals surface area contributed by atoms with Gasteiger partial charge in [-0.25, -0.2) is 0 Å². The maximum absolute atomic E-state index is 2.39. The van der Waals surface area contributed by atoms with Crippen molar-refractivity contribution in [2.75, 3.05) is 0 Å². The minimum atomic E-state index is 0.451. The van der Waals surface area contributed by atoms with Crippen molar-refractivity contribution in [3.63, 3.8) is 0 Å². The molecule has 0 aromatic rings. The van der Waals surface area contributed by atoms with Gasteiger partial charge >= 0.3 is 0 Å². The van der Waals surface area contributed by atoms with Gasteiger partial charge in [-0.3, -0.25) is 0 Å². The first-order valence-corrected chi connectivity index (χ1v) is 5.57. The Balaban J connectivity index is 4.28. The van der Waals surface area contributed by atoms with E-state index in [1.807, 2.05) is 0 Å². The Labute approximate surface area is 85.1 Å². The SMILES string of the molecule is CC(CC(C)(C)C(C)C)C(C)(C)C. The van der Waals surface area contributed by atoms with E-state index in [1.54, 1.807) is 0 Å². The Kier molecular flexibility index (Phi) is 4.02. The van der Waals surface area contributed by atoms with Gasteiger partial charge in [0.1, 0.15) is 0 Å². The Morgan fingerprint density at radius 3 is 1.46 bits per heavy atom. The fourth-order valence-corrected chi connectivity index (χ4v) is 1.33. The molecule has 0 aromatic heterocycles. The maximum Gasteiger partial charge on any atom is -0.0328 e. The molecule has 0 radical (unpaired) electrons. The average Bonchev–Trinajstić information content (AvgIpc) is 1.83. The summed E-state index contributed by atoms with van der Waals surface area (Å²) in [5, 5.41) is 0. The van der Waals surface area contributed by atoms with Crippen LogP contribution in [0.1, 0.15) is 61.8 Å². The molecule has 0 heteroatoms. The lowest BCUT2D eigenvalue weighted by Crippen LogP contribution is -2.28. The third kappa shape index (κ3) is 4.15. The quantitative estimate of drug-likeness (QED) is 0.594. The standard InChI is InChI=1S/C13H28/c1-10(2)13(7,8)9-11(3)12(4,5)6/h10-11H,9H2,1-8H3. The molecule has 1 atom stereocenters. The normalized spacial score (nSPS) is 16.4. The lowest BCUT2D eigenvalue weighted by molar-refractivity contribution is 0.131. The van der Waals surface area contributed by atoms with Crippen molar-refractivity contribution in [2.45, 2.75) is 61.8 Å². The second kappa shape index (κ2) is 4.02. The highest BCUT2D eigenvalue weighted by Crippen LogP contribution is 2.39. The number of hydrogen-bond donors (Lipinski definition) is 0. The van der Waals surface area contributed by atoms with Gasteiger partial charge in [-0.05, 0) is 29.1 Å². The molecule has 0 spiro atoms. The Bertz CT molecular complexity index is 146. The van der Waals surface area contributed by atoms with Crippen LogP contribution in [-0.4, -0.2) is 0 Å². The third-order valence-electron chi connectivity index (χ3n) is 3.87. The van der Waals surface area contributed by atoms with Crippen LogP contribution in [0.2, 0.25) is 0 Å². The molecule has 0 saturated carbocycles. The van der Waals surface area contributed by atoms with E-state index in [0.29, 0.717) is 10.8 Å². The van der Waals surface area contributed by atoms with Gasteiger partial charge in [0.25, 0.3) is 0 Å². The summed E-state index contributed by atoms with van der Waals surface area (Å²) in [6.45, 7) is 18.8. The van der Waals surface area contributed by atoms with Crippen molar-refractivity contribution in [1.29, 1.82) is 0 Å². The molecule has 0 N–H and O–H groups in total. The molecule has 0 rings (SSSR count). The van der Waals surface area contributed by atoms with Gasteiger partial charge in [0.05, 0.1) is 0 Å². The molecule has 0 aliphatic rings. The molecule has 0 heterocycles. The molecule has 0 amide bonds. The second-order valence-electron chi connectivity index (χ2n) is 6.61. The molecular weight excluding hydrogens is 156 g/mol.